The van der Waals surface area contributed by atoms with Gasteiger partial charge < -0.3 is 20.8 Å². The zero-order valence-electron chi connectivity index (χ0n) is 11.0. The maximum absolute atomic E-state index is 11.9. The first-order valence-corrected chi connectivity index (χ1v) is 6.58. The second-order valence-electron chi connectivity index (χ2n) is 5.18. The molecule has 2 rings (SSSR count). The Morgan fingerprint density at radius 3 is 2.68 bits per heavy atom. The molecule has 1 aliphatic rings. The Morgan fingerprint density at radius 2 is 2.05 bits per heavy atom. The molecule has 4 N–H and O–H groups in total. The molecule has 1 saturated heterocycles. The highest BCUT2D eigenvalue weighted by Gasteiger charge is 2.21. The summed E-state index contributed by atoms with van der Waals surface area (Å²) in [5.74, 6) is 0.502. The van der Waals surface area contributed by atoms with Crippen LogP contribution in [0.3, 0.4) is 0 Å². The van der Waals surface area contributed by atoms with E-state index in [9.17, 15) is 15.0 Å². The summed E-state index contributed by atoms with van der Waals surface area (Å²) >= 11 is 0. The van der Waals surface area contributed by atoms with Crippen molar-refractivity contribution >= 4 is 5.91 Å². The molecule has 2 atom stereocenters. The fraction of sp³-hybridized carbons (Fsp3) is 0.500. The van der Waals surface area contributed by atoms with Gasteiger partial charge in [-0.3, -0.25) is 4.79 Å². The van der Waals surface area contributed by atoms with Crippen LogP contribution in [0, 0.1) is 11.8 Å². The Bertz CT molecular complexity index is 442. The van der Waals surface area contributed by atoms with Gasteiger partial charge in [-0.1, -0.05) is 6.92 Å². The molecular formula is C14H20N2O3. The van der Waals surface area contributed by atoms with E-state index in [1.54, 1.807) is 0 Å². The fourth-order valence-corrected chi connectivity index (χ4v) is 2.38. The molecule has 1 aromatic rings. The number of phenols is 2. The zero-order valence-corrected chi connectivity index (χ0v) is 11.0. The summed E-state index contributed by atoms with van der Waals surface area (Å²) in [6.07, 6.45) is 1.12. The first-order chi connectivity index (χ1) is 9.06. The van der Waals surface area contributed by atoms with Gasteiger partial charge >= 0.3 is 0 Å². The van der Waals surface area contributed by atoms with E-state index in [1.165, 1.54) is 18.2 Å². The van der Waals surface area contributed by atoms with Gasteiger partial charge in [0.1, 0.15) is 11.5 Å². The number of hydrogen-bond acceptors (Lipinski definition) is 4. The summed E-state index contributed by atoms with van der Waals surface area (Å²) in [6, 6.07) is 3.89. The molecule has 19 heavy (non-hydrogen) atoms. The number of piperidine rings is 1. The summed E-state index contributed by atoms with van der Waals surface area (Å²) in [5, 5.41) is 24.9. The second-order valence-corrected chi connectivity index (χ2v) is 5.18. The van der Waals surface area contributed by atoms with Crippen LogP contribution in [0.1, 0.15) is 23.7 Å². The van der Waals surface area contributed by atoms with E-state index in [0.29, 0.717) is 18.4 Å². The molecular weight excluding hydrogens is 244 g/mol. The van der Waals surface area contributed by atoms with E-state index in [1.807, 2.05) is 0 Å². The Morgan fingerprint density at radius 1 is 1.37 bits per heavy atom. The maximum atomic E-state index is 11.9. The van der Waals surface area contributed by atoms with Gasteiger partial charge in [0, 0.05) is 18.2 Å². The third kappa shape index (κ3) is 3.61. The van der Waals surface area contributed by atoms with Crippen LogP contribution in [-0.2, 0) is 0 Å². The van der Waals surface area contributed by atoms with Crippen LogP contribution < -0.4 is 10.6 Å². The summed E-state index contributed by atoms with van der Waals surface area (Å²) in [4.78, 5) is 11.9. The Kier molecular flexibility index (Phi) is 4.27. The molecule has 1 aromatic carbocycles. The van der Waals surface area contributed by atoms with Crippen LogP contribution in [0.15, 0.2) is 18.2 Å². The molecule has 0 bridgehead atoms. The topological polar surface area (TPSA) is 81.6 Å². The summed E-state index contributed by atoms with van der Waals surface area (Å²) < 4.78 is 0. The van der Waals surface area contributed by atoms with E-state index in [2.05, 4.69) is 17.6 Å². The minimum atomic E-state index is -0.274. The van der Waals surface area contributed by atoms with Gasteiger partial charge in [0.15, 0.2) is 0 Å². The Hall–Kier alpha value is -1.75. The van der Waals surface area contributed by atoms with Gasteiger partial charge in [0.05, 0.1) is 0 Å². The number of hydrogen-bond donors (Lipinski definition) is 4. The van der Waals surface area contributed by atoms with E-state index in [-0.39, 0.29) is 23.0 Å². The Balaban J connectivity index is 1.93. The monoisotopic (exact) mass is 264 g/mol. The number of rotatable bonds is 3. The third-order valence-corrected chi connectivity index (χ3v) is 3.68. The van der Waals surface area contributed by atoms with E-state index >= 15 is 0 Å². The van der Waals surface area contributed by atoms with E-state index in [4.69, 9.17) is 0 Å². The maximum Gasteiger partial charge on any atom is 0.251 e. The first kappa shape index (κ1) is 13.7. The lowest BCUT2D eigenvalue weighted by Gasteiger charge is -2.29. The molecule has 2 unspecified atom stereocenters. The minimum absolute atomic E-state index is 0.113. The highest BCUT2D eigenvalue weighted by atomic mass is 16.3. The van der Waals surface area contributed by atoms with Crippen molar-refractivity contribution in [2.24, 2.45) is 11.8 Å². The molecule has 0 saturated carbocycles. The smallest absolute Gasteiger partial charge is 0.251 e. The van der Waals surface area contributed by atoms with Crippen molar-refractivity contribution in [3.8, 4) is 11.5 Å². The zero-order chi connectivity index (χ0) is 13.8. The molecule has 5 heteroatoms. The van der Waals surface area contributed by atoms with Gasteiger partial charge in [-0.2, -0.15) is 0 Å². The largest absolute Gasteiger partial charge is 0.508 e. The Labute approximate surface area is 112 Å². The number of amides is 1. The second kappa shape index (κ2) is 5.93. The summed E-state index contributed by atoms with van der Waals surface area (Å²) in [7, 11) is 0. The van der Waals surface area contributed by atoms with E-state index in [0.717, 1.165) is 19.5 Å². The van der Waals surface area contributed by atoms with Gasteiger partial charge in [0.2, 0.25) is 0 Å². The van der Waals surface area contributed by atoms with Gasteiger partial charge in [-0.05, 0) is 43.5 Å². The molecule has 1 amide bonds. The van der Waals surface area contributed by atoms with E-state index < -0.39 is 0 Å². The van der Waals surface area contributed by atoms with Crippen molar-refractivity contribution in [3.63, 3.8) is 0 Å². The number of carbonyl (C=O) groups is 1. The number of benzene rings is 1. The lowest BCUT2D eigenvalue weighted by Crippen LogP contribution is -2.42. The third-order valence-electron chi connectivity index (χ3n) is 3.68. The van der Waals surface area contributed by atoms with Crippen LogP contribution in [0.5, 0.6) is 11.5 Å². The number of carbonyl (C=O) groups excluding carboxylic acids is 1. The summed E-state index contributed by atoms with van der Waals surface area (Å²) in [6.45, 7) is 4.74. The van der Waals surface area contributed by atoms with Gasteiger partial charge in [-0.15, -0.1) is 0 Å². The predicted octanol–water partition coefficient (Wildman–Crippen LogP) is 1.07. The van der Waals surface area contributed by atoms with Gasteiger partial charge in [-0.25, -0.2) is 0 Å². The molecule has 0 radical (unpaired) electrons. The fourth-order valence-electron chi connectivity index (χ4n) is 2.38. The summed E-state index contributed by atoms with van der Waals surface area (Å²) in [5.41, 5.74) is 0.272. The van der Waals surface area contributed by atoms with Crippen LogP contribution in [0.2, 0.25) is 0 Å². The van der Waals surface area contributed by atoms with Crippen molar-refractivity contribution in [3.05, 3.63) is 23.8 Å². The highest BCUT2D eigenvalue weighted by molar-refractivity contribution is 5.95. The van der Waals surface area contributed by atoms with Crippen LogP contribution >= 0.6 is 0 Å². The quantitative estimate of drug-likeness (QED) is 0.658. The molecule has 0 spiro atoms. The molecule has 0 aliphatic carbocycles. The number of phenolic OH excluding ortho intramolecular Hbond substituents is 2. The normalized spacial score (nSPS) is 23.0. The SMILES string of the molecule is CC1CCNCC1CNC(=O)c1cc(O)cc(O)c1. The van der Waals surface area contributed by atoms with Crippen molar-refractivity contribution < 1.29 is 15.0 Å². The van der Waals surface area contributed by atoms with Crippen LogP contribution in [-0.4, -0.2) is 35.8 Å². The average molecular weight is 264 g/mol. The number of nitrogens with one attached hydrogen (secondary N) is 2. The average Bonchev–Trinajstić information content (AvgIpc) is 2.36. The predicted molar refractivity (Wildman–Crippen MR) is 72.2 cm³/mol. The first-order valence-electron chi connectivity index (χ1n) is 6.58. The lowest BCUT2D eigenvalue weighted by molar-refractivity contribution is 0.0938. The number of aromatic hydroxyl groups is 2. The lowest BCUT2D eigenvalue weighted by atomic mass is 9.88. The minimum Gasteiger partial charge on any atom is -0.508 e. The molecule has 1 fully saturated rings. The van der Waals surface area contributed by atoms with Crippen molar-refractivity contribution in [2.45, 2.75) is 13.3 Å². The van der Waals surface area contributed by atoms with Gasteiger partial charge in [0.25, 0.3) is 5.91 Å². The molecule has 1 heterocycles. The molecule has 104 valence electrons. The van der Waals surface area contributed by atoms with Crippen molar-refractivity contribution in [2.75, 3.05) is 19.6 Å². The molecule has 5 nitrogen and oxygen atoms in total. The van der Waals surface area contributed by atoms with Crippen molar-refractivity contribution in [1.29, 1.82) is 0 Å². The van der Waals surface area contributed by atoms with Crippen LogP contribution in [0.25, 0.3) is 0 Å². The highest BCUT2D eigenvalue weighted by Crippen LogP contribution is 2.21. The van der Waals surface area contributed by atoms with Crippen LogP contribution in [0.4, 0.5) is 0 Å². The van der Waals surface area contributed by atoms with Crippen molar-refractivity contribution in [1.82, 2.24) is 10.6 Å². The molecule has 0 aromatic heterocycles. The standard InChI is InChI=1S/C14H20N2O3/c1-9-2-3-15-7-11(9)8-16-14(19)10-4-12(17)6-13(18)5-10/h4-6,9,11,15,17-18H,2-3,7-8H2,1H3,(H,16,19). The molecule has 1 aliphatic heterocycles.